The van der Waals surface area contributed by atoms with Crippen molar-refractivity contribution in [3.8, 4) is 0 Å². The number of nitrogens with zero attached hydrogens (tertiary/aromatic N) is 1. The van der Waals surface area contributed by atoms with Crippen molar-refractivity contribution in [1.29, 1.82) is 0 Å². The number of benzene rings is 1. The van der Waals surface area contributed by atoms with Crippen LogP contribution in [0.15, 0.2) is 24.3 Å². The summed E-state index contributed by atoms with van der Waals surface area (Å²) >= 11 is 4.73. The van der Waals surface area contributed by atoms with E-state index >= 15 is 0 Å². The van der Waals surface area contributed by atoms with Crippen molar-refractivity contribution >= 4 is 29.1 Å². The van der Waals surface area contributed by atoms with Crippen LogP contribution in [-0.2, 0) is 11.2 Å². The van der Waals surface area contributed by atoms with Gasteiger partial charge in [0.2, 0.25) is 0 Å². The minimum Gasteiger partial charge on any atom is -0.442 e. The van der Waals surface area contributed by atoms with Gasteiger partial charge < -0.3 is 15.8 Å². The quantitative estimate of drug-likeness (QED) is 0.810. The zero-order chi connectivity index (χ0) is 14.5. The Bertz CT molecular complexity index is 490. The highest BCUT2D eigenvalue weighted by Crippen LogP contribution is 2.22. The van der Waals surface area contributed by atoms with Gasteiger partial charge in [-0.15, -0.1) is 0 Å². The van der Waals surface area contributed by atoms with Gasteiger partial charge in [0.1, 0.15) is 6.10 Å². The summed E-state index contributed by atoms with van der Waals surface area (Å²) in [5.41, 5.74) is 7.49. The molecule has 0 spiro atoms. The third kappa shape index (κ3) is 3.60. The number of amides is 1. The number of anilines is 1. The first-order valence-electron chi connectivity index (χ1n) is 6.70. The number of ether oxygens (including phenoxy) is 1. The minimum atomic E-state index is -0.331. The van der Waals surface area contributed by atoms with Crippen LogP contribution in [-0.4, -0.2) is 30.4 Å². The molecule has 1 aliphatic heterocycles. The number of hydrogen-bond donors (Lipinski definition) is 2. The van der Waals surface area contributed by atoms with Crippen LogP contribution in [0, 0.1) is 0 Å². The summed E-state index contributed by atoms with van der Waals surface area (Å²) in [5.74, 6) is 0. The molecule has 1 aliphatic rings. The predicted octanol–water partition coefficient (Wildman–Crippen LogP) is 1.80. The van der Waals surface area contributed by atoms with Crippen molar-refractivity contribution in [2.45, 2.75) is 25.9 Å². The van der Waals surface area contributed by atoms with Crippen LogP contribution in [0.25, 0.3) is 0 Å². The smallest absolute Gasteiger partial charge is 0.414 e. The maximum absolute atomic E-state index is 11.9. The second kappa shape index (κ2) is 6.56. The van der Waals surface area contributed by atoms with Crippen LogP contribution < -0.4 is 16.0 Å². The Labute approximate surface area is 124 Å². The molecule has 1 amide bonds. The molecule has 1 saturated heterocycles. The molecule has 1 aromatic rings. The molecule has 0 unspecified atom stereocenters. The van der Waals surface area contributed by atoms with Gasteiger partial charge in [-0.25, -0.2) is 4.79 Å². The lowest BCUT2D eigenvalue weighted by atomic mass is 10.1. The zero-order valence-electron chi connectivity index (χ0n) is 11.5. The molecule has 0 radical (unpaired) electrons. The maximum Gasteiger partial charge on any atom is 0.414 e. The Hall–Kier alpha value is -1.82. The Morgan fingerprint density at radius 2 is 2.20 bits per heavy atom. The number of aryl methyl sites for hydroxylation is 1. The molecular weight excluding hydrogens is 274 g/mol. The van der Waals surface area contributed by atoms with E-state index in [0.717, 1.165) is 18.5 Å². The molecule has 0 aliphatic carbocycles. The predicted molar refractivity (Wildman–Crippen MR) is 82.8 cm³/mol. The number of carbonyl (C=O) groups excluding carboxylic acids is 1. The number of nitrogens with two attached hydrogens (primary N) is 1. The molecule has 0 saturated carbocycles. The highest BCUT2D eigenvalue weighted by molar-refractivity contribution is 7.80. The standard InChI is InChI=1S/C14H19N3O2S/c1-2-3-10-4-6-11(7-5-10)17-9-12(19-14(17)18)8-16-13(15)20/h4-7,12H,2-3,8-9H2,1H3,(H3,15,16,20)/t12-/m0/s1. The average molecular weight is 293 g/mol. The second-order valence-corrected chi connectivity index (χ2v) is 5.22. The summed E-state index contributed by atoms with van der Waals surface area (Å²) in [5, 5.41) is 3.02. The van der Waals surface area contributed by atoms with Gasteiger partial charge in [0.15, 0.2) is 5.11 Å². The van der Waals surface area contributed by atoms with Crippen molar-refractivity contribution in [1.82, 2.24) is 5.32 Å². The molecule has 1 heterocycles. The van der Waals surface area contributed by atoms with Crippen molar-refractivity contribution in [3.63, 3.8) is 0 Å². The molecule has 20 heavy (non-hydrogen) atoms. The molecule has 2 rings (SSSR count). The van der Waals surface area contributed by atoms with Crippen molar-refractivity contribution in [2.75, 3.05) is 18.0 Å². The molecule has 6 heteroatoms. The van der Waals surface area contributed by atoms with E-state index in [1.54, 1.807) is 4.90 Å². The lowest BCUT2D eigenvalue weighted by Crippen LogP contribution is -2.37. The Morgan fingerprint density at radius 3 is 2.80 bits per heavy atom. The third-order valence-corrected chi connectivity index (χ3v) is 3.31. The topological polar surface area (TPSA) is 67.6 Å². The largest absolute Gasteiger partial charge is 0.442 e. The van der Waals surface area contributed by atoms with Gasteiger partial charge in [-0.05, 0) is 36.3 Å². The molecular formula is C14H19N3O2S. The molecule has 1 aromatic carbocycles. The second-order valence-electron chi connectivity index (χ2n) is 4.78. The first-order valence-corrected chi connectivity index (χ1v) is 7.11. The van der Waals surface area contributed by atoms with E-state index in [2.05, 4.69) is 12.2 Å². The average Bonchev–Trinajstić information content (AvgIpc) is 2.79. The van der Waals surface area contributed by atoms with Crippen molar-refractivity contribution in [2.24, 2.45) is 5.73 Å². The summed E-state index contributed by atoms with van der Waals surface area (Å²) < 4.78 is 5.27. The first-order chi connectivity index (χ1) is 9.60. The number of nitrogens with one attached hydrogen (secondary N) is 1. The van der Waals surface area contributed by atoms with Gasteiger partial charge >= 0.3 is 6.09 Å². The van der Waals surface area contributed by atoms with Crippen LogP contribution >= 0.6 is 12.2 Å². The number of rotatable bonds is 5. The number of cyclic esters (lactones) is 1. The van der Waals surface area contributed by atoms with E-state index in [0.29, 0.717) is 13.1 Å². The van der Waals surface area contributed by atoms with Gasteiger partial charge in [0.25, 0.3) is 0 Å². The van der Waals surface area contributed by atoms with Gasteiger partial charge in [-0.1, -0.05) is 25.5 Å². The van der Waals surface area contributed by atoms with E-state index < -0.39 is 0 Å². The monoisotopic (exact) mass is 293 g/mol. The van der Waals surface area contributed by atoms with Gasteiger partial charge in [-0.3, -0.25) is 4.90 Å². The molecule has 1 fully saturated rings. The number of carbonyl (C=O) groups is 1. The van der Waals surface area contributed by atoms with E-state index in [1.165, 1.54) is 5.56 Å². The van der Waals surface area contributed by atoms with Crippen LogP contribution in [0.2, 0.25) is 0 Å². The minimum absolute atomic E-state index is 0.211. The van der Waals surface area contributed by atoms with Crippen molar-refractivity contribution < 1.29 is 9.53 Å². The van der Waals surface area contributed by atoms with Crippen LogP contribution in [0.5, 0.6) is 0 Å². The van der Waals surface area contributed by atoms with Gasteiger partial charge in [0.05, 0.1) is 13.1 Å². The summed E-state index contributed by atoms with van der Waals surface area (Å²) in [4.78, 5) is 13.5. The summed E-state index contributed by atoms with van der Waals surface area (Å²) in [7, 11) is 0. The highest BCUT2D eigenvalue weighted by Gasteiger charge is 2.32. The van der Waals surface area contributed by atoms with Crippen LogP contribution in [0.4, 0.5) is 10.5 Å². The summed E-state index contributed by atoms with van der Waals surface area (Å²) in [6.45, 7) is 3.08. The Kier molecular flexibility index (Phi) is 4.79. The number of hydrogen-bond acceptors (Lipinski definition) is 3. The van der Waals surface area contributed by atoms with Crippen molar-refractivity contribution in [3.05, 3.63) is 29.8 Å². The molecule has 3 N–H and O–H groups in total. The maximum atomic E-state index is 11.9. The third-order valence-electron chi connectivity index (χ3n) is 3.16. The fourth-order valence-electron chi connectivity index (χ4n) is 2.18. The SMILES string of the molecule is CCCc1ccc(N2C[C@H](CNC(N)=S)OC2=O)cc1. The lowest BCUT2D eigenvalue weighted by Gasteiger charge is -2.13. The Morgan fingerprint density at radius 1 is 1.50 bits per heavy atom. The van der Waals surface area contributed by atoms with E-state index in [9.17, 15) is 4.79 Å². The van der Waals surface area contributed by atoms with Gasteiger partial charge in [-0.2, -0.15) is 0 Å². The first kappa shape index (κ1) is 14.6. The summed E-state index contributed by atoms with van der Waals surface area (Å²) in [6.07, 6.45) is 1.59. The van der Waals surface area contributed by atoms with E-state index in [-0.39, 0.29) is 17.3 Å². The van der Waals surface area contributed by atoms with E-state index in [1.807, 2.05) is 24.3 Å². The normalized spacial score (nSPS) is 17.9. The zero-order valence-corrected chi connectivity index (χ0v) is 12.3. The van der Waals surface area contributed by atoms with Crippen LogP contribution in [0.1, 0.15) is 18.9 Å². The lowest BCUT2D eigenvalue weighted by molar-refractivity contribution is 0.143. The number of thiocarbonyl (C=S) groups is 1. The molecule has 108 valence electrons. The fourth-order valence-corrected chi connectivity index (χ4v) is 2.27. The van der Waals surface area contributed by atoms with Crippen LogP contribution in [0.3, 0.4) is 0 Å². The molecule has 5 nitrogen and oxygen atoms in total. The molecule has 0 bridgehead atoms. The molecule has 1 atom stereocenters. The highest BCUT2D eigenvalue weighted by atomic mass is 32.1. The van der Waals surface area contributed by atoms with E-state index in [4.69, 9.17) is 22.7 Å². The Balaban J connectivity index is 1.98. The van der Waals surface area contributed by atoms with Gasteiger partial charge in [0, 0.05) is 5.69 Å². The fraction of sp³-hybridized carbons (Fsp3) is 0.429. The summed E-state index contributed by atoms with van der Waals surface area (Å²) in [6, 6.07) is 8.00. The molecule has 0 aromatic heterocycles.